The number of alkyl halides is 3. The summed E-state index contributed by atoms with van der Waals surface area (Å²) in [6.45, 7) is 13.2. The van der Waals surface area contributed by atoms with Crippen molar-refractivity contribution in [3.8, 4) is 0 Å². The molecule has 2 saturated heterocycles. The monoisotopic (exact) mass is 468 g/mol. The van der Waals surface area contributed by atoms with Gasteiger partial charge in [0.05, 0.1) is 12.2 Å². The van der Waals surface area contributed by atoms with Crippen molar-refractivity contribution >= 4 is 5.91 Å². The average molecular weight is 469 g/mol. The fourth-order valence-corrected chi connectivity index (χ4v) is 5.30. The number of piperidine rings is 1. The van der Waals surface area contributed by atoms with Crippen LogP contribution in [0.1, 0.15) is 71.4 Å². The maximum atomic E-state index is 13.4. The molecule has 1 aromatic rings. The Morgan fingerprint density at radius 1 is 1.18 bits per heavy atom. The second kappa shape index (κ2) is 9.95. The Kier molecular flexibility index (Phi) is 7.84. The van der Waals surface area contributed by atoms with Crippen molar-refractivity contribution in [3.05, 3.63) is 35.4 Å². The van der Waals surface area contributed by atoms with E-state index < -0.39 is 22.8 Å². The smallest absolute Gasteiger partial charge is 0.363 e. The SMILES string of the molecule is CC(C)C1CCN([C@@H]2CC[C@@](C(=O)NCc3cccc(C(F)(F)F)c3)(C(C)(C)C)OC2)CC1. The molecule has 2 aliphatic rings. The van der Waals surface area contributed by atoms with E-state index in [1.807, 2.05) is 20.8 Å². The average Bonchev–Trinajstić information content (AvgIpc) is 2.76. The van der Waals surface area contributed by atoms with Gasteiger partial charge in [0.2, 0.25) is 0 Å². The van der Waals surface area contributed by atoms with Crippen LogP contribution in [0.2, 0.25) is 0 Å². The normalized spacial score (nSPS) is 25.9. The van der Waals surface area contributed by atoms with Crippen LogP contribution in [0.25, 0.3) is 0 Å². The van der Waals surface area contributed by atoms with Crippen molar-refractivity contribution in [2.24, 2.45) is 17.3 Å². The Hall–Kier alpha value is -1.60. The second-order valence-electron chi connectivity index (χ2n) is 11.1. The van der Waals surface area contributed by atoms with Gasteiger partial charge >= 0.3 is 6.18 Å². The lowest BCUT2D eigenvalue weighted by molar-refractivity contribution is -0.184. The predicted octanol–water partition coefficient (Wildman–Crippen LogP) is 5.65. The van der Waals surface area contributed by atoms with Gasteiger partial charge in [-0.25, -0.2) is 0 Å². The van der Waals surface area contributed by atoms with Crippen LogP contribution in [0.5, 0.6) is 0 Å². The van der Waals surface area contributed by atoms with Crippen molar-refractivity contribution in [2.45, 2.75) is 84.7 Å². The van der Waals surface area contributed by atoms with Crippen LogP contribution in [0.4, 0.5) is 13.2 Å². The van der Waals surface area contributed by atoms with Crippen LogP contribution in [0.15, 0.2) is 24.3 Å². The molecule has 0 radical (unpaired) electrons. The first-order valence-electron chi connectivity index (χ1n) is 12.2. The molecular formula is C26H39F3N2O2. The minimum absolute atomic E-state index is 0.0378. The van der Waals surface area contributed by atoms with E-state index in [0.29, 0.717) is 30.6 Å². The number of hydrogen-bond acceptors (Lipinski definition) is 3. The Bertz CT molecular complexity index is 800. The number of hydrogen-bond donors (Lipinski definition) is 1. The van der Waals surface area contributed by atoms with E-state index in [1.165, 1.54) is 18.9 Å². The van der Waals surface area contributed by atoms with E-state index in [-0.39, 0.29) is 12.5 Å². The van der Waals surface area contributed by atoms with E-state index in [2.05, 4.69) is 24.1 Å². The number of nitrogens with one attached hydrogen (secondary N) is 1. The zero-order chi connectivity index (χ0) is 24.4. The van der Waals surface area contributed by atoms with Gasteiger partial charge in [-0.1, -0.05) is 46.8 Å². The molecule has 2 heterocycles. The summed E-state index contributed by atoms with van der Waals surface area (Å²) in [4.78, 5) is 15.9. The van der Waals surface area contributed by atoms with E-state index in [9.17, 15) is 18.0 Å². The number of likely N-dealkylation sites (tertiary alicyclic amines) is 1. The lowest BCUT2D eigenvalue weighted by Crippen LogP contribution is -2.61. The molecule has 4 nitrogen and oxygen atoms in total. The highest BCUT2D eigenvalue weighted by atomic mass is 19.4. The summed E-state index contributed by atoms with van der Waals surface area (Å²) < 4.78 is 45.4. The van der Waals surface area contributed by atoms with Crippen LogP contribution >= 0.6 is 0 Å². The van der Waals surface area contributed by atoms with Gasteiger partial charge in [0.25, 0.3) is 5.91 Å². The molecule has 2 aliphatic heterocycles. The van der Waals surface area contributed by atoms with Gasteiger partial charge in [0, 0.05) is 18.0 Å². The third-order valence-electron chi connectivity index (χ3n) is 7.67. The molecule has 2 fully saturated rings. The van der Waals surface area contributed by atoms with Crippen LogP contribution < -0.4 is 5.32 Å². The molecule has 0 saturated carbocycles. The van der Waals surface area contributed by atoms with Gasteiger partial charge in [-0.2, -0.15) is 13.2 Å². The van der Waals surface area contributed by atoms with Crippen molar-refractivity contribution in [1.29, 1.82) is 0 Å². The maximum absolute atomic E-state index is 13.4. The Labute approximate surface area is 196 Å². The summed E-state index contributed by atoms with van der Waals surface area (Å²) in [5.41, 5.74) is -1.73. The first-order chi connectivity index (χ1) is 15.3. The molecule has 0 unspecified atom stereocenters. The van der Waals surface area contributed by atoms with Gasteiger partial charge in [-0.15, -0.1) is 0 Å². The van der Waals surface area contributed by atoms with Crippen LogP contribution in [0.3, 0.4) is 0 Å². The standard InChI is InChI=1S/C26H39F3N2O2/c1-18(2)20-10-13-31(14-11-20)22-9-12-25(33-17-22,24(3,4)5)23(32)30-16-19-7-6-8-21(15-19)26(27,28)29/h6-8,15,18,20,22H,9-14,16-17H2,1-5H3,(H,30,32)/t22-,25-/m1/s1. The second-order valence-corrected chi connectivity index (χ2v) is 11.1. The Morgan fingerprint density at radius 2 is 1.85 bits per heavy atom. The number of carbonyl (C=O) groups excluding carboxylic acids is 1. The van der Waals surface area contributed by atoms with Gasteiger partial charge in [-0.05, 0) is 68.3 Å². The molecule has 0 spiro atoms. The summed E-state index contributed by atoms with van der Waals surface area (Å²) in [5.74, 6) is 1.24. The molecule has 1 amide bonds. The van der Waals surface area contributed by atoms with Crippen molar-refractivity contribution < 1.29 is 22.7 Å². The summed E-state index contributed by atoms with van der Waals surface area (Å²) in [6.07, 6.45) is -0.524. The highest BCUT2D eigenvalue weighted by Crippen LogP contribution is 2.42. The van der Waals surface area contributed by atoms with Gasteiger partial charge in [0.1, 0.15) is 0 Å². The fraction of sp³-hybridized carbons (Fsp3) is 0.731. The molecule has 2 atom stereocenters. The van der Waals surface area contributed by atoms with E-state index in [4.69, 9.17) is 4.74 Å². The topological polar surface area (TPSA) is 41.6 Å². The number of nitrogens with zero attached hydrogens (tertiary/aromatic N) is 1. The van der Waals surface area contributed by atoms with Crippen LogP contribution in [0, 0.1) is 17.3 Å². The molecule has 3 rings (SSSR count). The first kappa shape index (κ1) is 26.0. The quantitative estimate of drug-likeness (QED) is 0.607. The van der Waals surface area contributed by atoms with Gasteiger partial charge in [0.15, 0.2) is 5.60 Å². The third-order valence-corrected chi connectivity index (χ3v) is 7.67. The van der Waals surface area contributed by atoms with Gasteiger partial charge in [-0.3, -0.25) is 9.69 Å². The summed E-state index contributed by atoms with van der Waals surface area (Å²) in [5, 5.41) is 2.86. The zero-order valence-electron chi connectivity index (χ0n) is 20.6. The third kappa shape index (κ3) is 5.91. The lowest BCUT2D eigenvalue weighted by atomic mass is 9.71. The largest absolute Gasteiger partial charge is 0.416 e. The summed E-state index contributed by atoms with van der Waals surface area (Å²) >= 11 is 0. The molecule has 33 heavy (non-hydrogen) atoms. The number of carbonyl (C=O) groups is 1. The molecule has 1 aromatic carbocycles. The van der Waals surface area contributed by atoms with E-state index in [1.54, 1.807) is 6.07 Å². The first-order valence-corrected chi connectivity index (χ1v) is 12.2. The summed E-state index contributed by atoms with van der Waals surface area (Å²) in [7, 11) is 0. The minimum Gasteiger partial charge on any atom is -0.363 e. The Balaban J connectivity index is 1.63. The molecule has 0 aromatic heterocycles. The van der Waals surface area contributed by atoms with Crippen molar-refractivity contribution in [1.82, 2.24) is 10.2 Å². The number of halogens is 3. The number of benzene rings is 1. The van der Waals surface area contributed by atoms with E-state index in [0.717, 1.165) is 37.6 Å². The fourth-order valence-electron chi connectivity index (χ4n) is 5.30. The highest BCUT2D eigenvalue weighted by Gasteiger charge is 2.52. The number of amides is 1. The van der Waals surface area contributed by atoms with E-state index >= 15 is 0 Å². The molecular weight excluding hydrogens is 429 g/mol. The zero-order valence-corrected chi connectivity index (χ0v) is 20.6. The number of rotatable bonds is 5. The maximum Gasteiger partial charge on any atom is 0.416 e. The van der Waals surface area contributed by atoms with Crippen molar-refractivity contribution in [3.63, 3.8) is 0 Å². The Morgan fingerprint density at radius 3 is 2.36 bits per heavy atom. The molecule has 0 aliphatic carbocycles. The van der Waals surface area contributed by atoms with Crippen molar-refractivity contribution in [2.75, 3.05) is 19.7 Å². The van der Waals surface area contributed by atoms with Crippen LogP contribution in [-0.4, -0.2) is 42.1 Å². The predicted molar refractivity (Wildman–Crippen MR) is 124 cm³/mol. The highest BCUT2D eigenvalue weighted by molar-refractivity contribution is 5.86. The van der Waals surface area contributed by atoms with Crippen LogP contribution in [-0.2, 0) is 22.3 Å². The van der Waals surface area contributed by atoms with Gasteiger partial charge < -0.3 is 10.1 Å². The molecule has 1 N–H and O–H groups in total. The molecule has 7 heteroatoms. The minimum atomic E-state index is -4.40. The lowest BCUT2D eigenvalue weighted by Gasteiger charge is -2.49. The number of ether oxygens (including phenoxy) is 1. The molecule has 0 bridgehead atoms. The summed E-state index contributed by atoms with van der Waals surface area (Å²) in [6, 6.07) is 5.40. The molecule has 186 valence electrons.